The van der Waals surface area contributed by atoms with Crippen LogP contribution in [0, 0.1) is 5.82 Å². The number of aromatic nitrogens is 1. The van der Waals surface area contributed by atoms with Crippen molar-refractivity contribution >= 4 is 27.3 Å². The van der Waals surface area contributed by atoms with Gasteiger partial charge in [-0.1, -0.05) is 28.9 Å². The molecule has 1 aromatic heterocycles. The third-order valence-electron chi connectivity index (χ3n) is 2.68. The summed E-state index contributed by atoms with van der Waals surface area (Å²) in [4.78, 5) is 5.30. The van der Waals surface area contributed by atoms with Crippen molar-refractivity contribution in [3.8, 4) is 0 Å². The number of likely N-dealkylation sites (N-methyl/N-ethyl adjacent to an activating group) is 1. The highest BCUT2D eigenvalue weighted by molar-refractivity contribution is 9.10. The fraction of sp³-hybridized carbons (Fsp3) is 0.308. The van der Waals surface area contributed by atoms with Crippen molar-refractivity contribution in [1.82, 2.24) is 10.3 Å². The highest BCUT2D eigenvalue weighted by Crippen LogP contribution is 2.27. The maximum Gasteiger partial charge on any atom is 0.124 e. The molecule has 5 heteroatoms. The molecule has 0 aliphatic rings. The van der Waals surface area contributed by atoms with Crippen LogP contribution in [0.1, 0.15) is 23.4 Å². The molecular weight excluding hydrogens is 315 g/mol. The lowest BCUT2D eigenvalue weighted by Gasteiger charge is -2.19. The van der Waals surface area contributed by atoms with Crippen LogP contribution < -0.4 is 5.32 Å². The SMILES string of the molecule is CCNC(Cc1cncs1)c1ccc(F)cc1Br. The van der Waals surface area contributed by atoms with Gasteiger partial charge in [0, 0.05) is 28.0 Å². The molecule has 18 heavy (non-hydrogen) atoms. The largest absolute Gasteiger partial charge is 0.310 e. The molecular formula is C13H14BrFN2S. The molecule has 2 nitrogen and oxygen atoms in total. The number of thiazole rings is 1. The Kier molecular flexibility index (Phi) is 4.86. The molecule has 0 fully saturated rings. The van der Waals surface area contributed by atoms with Gasteiger partial charge in [-0.15, -0.1) is 11.3 Å². The second-order valence-electron chi connectivity index (χ2n) is 3.95. The van der Waals surface area contributed by atoms with Gasteiger partial charge in [-0.05, 0) is 24.2 Å². The second kappa shape index (κ2) is 6.41. The first-order valence-electron chi connectivity index (χ1n) is 5.76. The van der Waals surface area contributed by atoms with E-state index in [1.807, 2.05) is 17.8 Å². The zero-order valence-corrected chi connectivity index (χ0v) is 12.4. The van der Waals surface area contributed by atoms with E-state index < -0.39 is 0 Å². The molecule has 0 amide bonds. The lowest BCUT2D eigenvalue weighted by atomic mass is 10.0. The molecule has 1 atom stereocenters. The van der Waals surface area contributed by atoms with E-state index >= 15 is 0 Å². The van der Waals surface area contributed by atoms with Gasteiger partial charge in [-0.3, -0.25) is 4.98 Å². The van der Waals surface area contributed by atoms with Crippen LogP contribution in [0.5, 0.6) is 0 Å². The highest BCUT2D eigenvalue weighted by Gasteiger charge is 2.15. The van der Waals surface area contributed by atoms with Crippen LogP contribution in [-0.4, -0.2) is 11.5 Å². The van der Waals surface area contributed by atoms with Crippen LogP contribution in [0.25, 0.3) is 0 Å². The van der Waals surface area contributed by atoms with Gasteiger partial charge in [0.15, 0.2) is 0 Å². The molecule has 0 saturated carbocycles. The number of halogens is 2. The summed E-state index contributed by atoms with van der Waals surface area (Å²) < 4.78 is 13.9. The molecule has 0 aliphatic heterocycles. The molecule has 1 unspecified atom stereocenters. The number of nitrogens with one attached hydrogen (secondary N) is 1. The first-order valence-corrected chi connectivity index (χ1v) is 7.43. The van der Waals surface area contributed by atoms with Gasteiger partial charge < -0.3 is 5.32 Å². The van der Waals surface area contributed by atoms with Crippen LogP contribution in [0.15, 0.2) is 34.4 Å². The Morgan fingerprint density at radius 2 is 2.33 bits per heavy atom. The van der Waals surface area contributed by atoms with Crippen LogP contribution in [0.2, 0.25) is 0 Å². The Morgan fingerprint density at radius 1 is 1.50 bits per heavy atom. The molecule has 2 rings (SSSR count). The van der Waals surface area contributed by atoms with Gasteiger partial charge in [0.2, 0.25) is 0 Å². The van der Waals surface area contributed by atoms with E-state index in [4.69, 9.17) is 0 Å². The van der Waals surface area contributed by atoms with Crippen molar-refractivity contribution in [3.05, 3.63) is 50.6 Å². The molecule has 2 aromatic rings. The topological polar surface area (TPSA) is 24.9 Å². The first kappa shape index (κ1) is 13.6. The first-order chi connectivity index (χ1) is 8.70. The third-order valence-corrected chi connectivity index (χ3v) is 4.17. The number of benzene rings is 1. The predicted molar refractivity (Wildman–Crippen MR) is 76.3 cm³/mol. The van der Waals surface area contributed by atoms with E-state index in [2.05, 4.69) is 33.2 Å². The molecule has 0 aliphatic carbocycles. The normalized spacial score (nSPS) is 12.6. The lowest BCUT2D eigenvalue weighted by molar-refractivity contribution is 0.548. The Balaban J connectivity index is 2.23. The van der Waals surface area contributed by atoms with Crippen molar-refractivity contribution in [1.29, 1.82) is 0 Å². The van der Waals surface area contributed by atoms with Gasteiger partial charge in [0.05, 0.1) is 5.51 Å². The minimum atomic E-state index is -0.223. The molecule has 0 bridgehead atoms. The van der Waals surface area contributed by atoms with E-state index in [1.165, 1.54) is 17.0 Å². The maximum atomic E-state index is 13.1. The average molecular weight is 329 g/mol. The van der Waals surface area contributed by atoms with Gasteiger partial charge in [-0.2, -0.15) is 0 Å². The summed E-state index contributed by atoms with van der Waals surface area (Å²) >= 11 is 5.07. The number of hydrogen-bond donors (Lipinski definition) is 1. The Bertz CT molecular complexity index is 502. The van der Waals surface area contributed by atoms with E-state index in [0.29, 0.717) is 0 Å². The maximum absolute atomic E-state index is 13.1. The molecule has 96 valence electrons. The Hall–Kier alpha value is -0.780. The summed E-state index contributed by atoms with van der Waals surface area (Å²) in [6.07, 6.45) is 2.75. The van der Waals surface area contributed by atoms with Crippen LogP contribution in [-0.2, 0) is 6.42 Å². The zero-order valence-electron chi connectivity index (χ0n) is 9.99. The van der Waals surface area contributed by atoms with Crippen molar-refractivity contribution in [2.75, 3.05) is 6.54 Å². The average Bonchev–Trinajstić information content (AvgIpc) is 2.81. The van der Waals surface area contributed by atoms with Crippen molar-refractivity contribution in [2.24, 2.45) is 0 Å². The molecule has 1 N–H and O–H groups in total. The van der Waals surface area contributed by atoms with Gasteiger partial charge in [-0.25, -0.2) is 4.39 Å². The second-order valence-corrected chi connectivity index (χ2v) is 5.77. The standard InChI is InChI=1S/C13H14BrFN2S/c1-2-17-13(6-10-7-16-8-18-10)11-4-3-9(15)5-12(11)14/h3-5,7-8,13,17H,2,6H2,1H3. The molecule has 0 saturated heterocycles. The number of rotatable bonds is 5. The van der Waals surface area contributed by atoms with E-state index in [1.54, 1.807) is 11.3 Å². The van der Waals surface area contributed by atoms with Crippen molar-refractivity contribution in [2.45, 2.75) is 19.4 Å². The van der Waals surface area contributed by atoms with E-state index in [-0.39, 0.29) is 11.9 Å². The van der Waals surface area contributed by atoms with Crippen molar-refractivity contribution in [3.63, 3.8) is 0 Å². The minimum Gasteiger partial charge on any atom is -0.310 e. The summed E-state index contributed by atoms with van der Waals surface area (Å²) in [5.74, 6) is -0.223. The number of nitrogens with zero attached hydrogens (tertiary/aromatic N) is 1. The van der Waals surface area contributed by atoms with Crippen molar-refractivity contribution < 1.29 is 4.39 Å². The monoisotopic (exact) mass is 328 g/mol. The van der Waals surface area contributed by atoms with Crippen LogP contribution >= 0.6 is 27.3 Å². The van der Waals surface area contributed by atoms with E-state index in [0.717, 1.165) is 23.0 Å². The minimum absolute atomic E-state index is 0.172. The molecule has 0 radical (unpaired) electrons. The summed E-state index contributed by atoms with van der Waals surface area (Å²) in [6.45, 7) is 2.93. The smallest absolute Gasteiger partial charge is 0.124 e. The zero-order chi connectivity index (χ0) is 13.0. The van der Waals surface area contributed by atoms with E-state index in [9.17, 15) is 4.39 Å². The fourth-order valence-corrected chi connectivity index (χ4v) is 3.14. The van der Waals surface area contributed by atoms with Crippen LogP contribution in [0.3, 0.4) is 0 Å². The quantitative estimate of drug-likeness (QED) is 0.899. The number of hydrogen-bond acceptors (Lipinski definition) is 3. The van der Waals surface area contributed by atoms with Gasteiger partial charge >= 0.3 is 0 Å². The van der Waals surface area contributed by atoms with Crippen LogP contribution in [0.4, 0.5) is 4.39 Å². The molecule has 1 aromatic carbocycles. The molecule has 0 spiro atoms. The third kappa shape index (κ3) is 3.37. The fourth-order valence-electron chi connectivity index (χ4n) is 1.87. The Morgan fingerprint density at radius 3 is 2.94 bits per heavy atom. The molecule has 1 heterocycles. The summed E-state index contributed by atoms with van der Waals surface area (Å²) in [5, 5.41) is 3.42. The summed E-state index contributed by atoms with van der Waals surface area (Å²) in [6, 6.07) is 5.00. The lowest BCUT2D eigenvalue weighted by Crippen LogP contribution is -2.23. The Labute approximate surface area is 118 Å². The predicted octanol–water partition coefficient (Wildman–Crippen LogP) is 3.94. The summed E-state index contributed by atoms with van der Waals surface area (Å²) in [5.41, 5.74) is 2.91. The van der Waals surface area contributed by atoms with Gasteiger partial charge in [0.25, 0.3) is 0 Å². The summed E-state index contributed by atoms with van der Waals surface area (Å²) in [7, 11) is 0. The van der Waals surface area contributed by atoms with Gasteiger partial charge in [0.1, 0.15) is 5.82 Å². The highest BCUT2D eigenvalue weighted by atomic mass is 79.9.